The summed E-state index contributed by atoms with van der Waals surface area (Å²) >= 11 is 0. The minimum Gasteiger partial charge on any atom is -0.408 e. The average molecular weight is 261 g/mol. The molecule has 0 aliphatic rings. The molecule has 0 bridgehead atoms. The Morgan fingerprint density at radius 2 is 2.11 bits per heavy atom. The van der Waals surface area contributed by atoms with Crippen LogP contribution < -0.4 is 16.0 Å². The molecular formula is C13H19N5O. The van der Waals surface area contributed by atoms with E-state index in [0.29, 0.717) is 24.9 Å². The van der Waals surface area contributed by atoms with Gasteiger partial charge < -0.3 is 20.4 Å². The van der Waals surface area contributed by atoms with Gasteiger partial charge in [0.15, 0.2) is 0 Å². The SMILES string of the molecule is Cc1ccc(Nc2nnc(CCN)o2)cc1N(C)C. The maximum atomic E-state index is 5.44. The molecule has 102 valence electrons. The lowest BCUT2D eigenvalue weighted by atomic mass is 10.1. The standard InChI is InChI=1S/C13H19N5O/c1-9-4-5-10(8-11(9)18(2)3)15-13-17-16-12(19-13)6-7-14/h4-5,8H,6-7,14H2,1-3H3,(H,15,17). The highest BCUT2D eigenvalue weighted by molar-refractivity contribution is 5.64. The largest absolute Gasteiger partial charge is 0.408 e. The number of aryl methyl sites for hydroxylation is 1. The molecule has 0 amide bonds. The van der Waals surface area contributed by atoms with Crippen molar-refractivity contribution in [3.63, 3.8) is 0 Å². The first-order valence-corrected chi connectivity index (χ1v) is 6.17. The van der Waals surface area contributed by atoms with Crippen molar-refractivity contribution in [3.05, 3.63) is 29.7 Å². The van der Waals surface area contributed by atoms with Crippen molar-refractivity contribution in [3.8, 4) is 0 Å². The van der Waals surface area contributed by atoms with Gasteiger partial charge in [-0.15, -0.1) is 5.10 Å². The number of rotatable bonds is 5. The molecule has 6 heteroatoms. The van der Waals surface area contributed by atoms with E-state index in [1.807, 2.05) is 26.2 Å². The van der Waals surface area contributed by atoms with Crippen LogP contribution in [0.25, 0.3) is 0 Å². The molecule has 1 aromatic heterocycles. The Bertz CT molecular complexity index is 550. The molecule has 19 heavy (non-hydrogen) atoms. The summed E-state index contributed by atoms with van der Waals surface area (Å²) in [6, 6.07) is 6.46. The number of hydrogen-bond donors (Lipinski definition) is 2. The van der Waals surface area contributed by atoms with E-state index in [1.54, 1.807) is 0 Å². The van der Waals surface area contributed by atoms with Gasteiger partial charge >= 0.3 is 6.01 Å². The van der Waals surface area contributed by atoms with Crippen molar-refractivity contribution in [1.29, 1.82) is 0 Å². The number of anilines is 3. The zero-order chi connectivity index (χ0) is 13.8. The van der Waals surface area contributed by atoms with Crippen LogP contribution in [0, 0.1) is 6.92 Å². The topological polar surface area (TPSA) is 80.2 Å². The van der Waals surface area contributed by atoms with E-state index in [9.17, 15) is 0 Å². The van der Waals surface area contributed by atoms with Gasteiger partial charge in [0, 0.05) is 38.4 Å². The summed E-state index contributed by atoms with van der Waals surface area (Å²) in [6.07, 6.45) is 0.589. The molecular weight excluding hydrogens is 242 g/mol. The van der Waals surface area contributed by atoms with Crippen LogP contribution in [-0.4, -0.2) is 30.8 Å². The van der Waals surface area contributed by atoms with E-state index in [1.165, 1.54) is 5.56 Å². The van der Waals surface area contributed by atoms with Crippen LogP contribution >= 0.6 is 0 Å². The van der Waals surface area contributed by atoms with Crippen LogP contribution in [0.4, 0.5) is 17.4 Å². The second-order valence-corrected chi connectivity index (χ2v) is 4.56. The van der Waals surface area contributed by atoms with Gasteiger partial charge in [0.1, 0.15) is 0 Å². The van der Waals surface area contributed by atoms with Gasteiger partial charge in [-0.05, 0) is 24.6 Å². The molecule has 0 radical (unpaired) electrons. The van der Waals surface area contributed by atoms with Gasteiger partial charge in [-0.3, -0.25) is 0 Å². The first-order valence-electron chi connectivity index (χ1n) is 6.17. The summed E-state index contributed by atoms with van der Waals surface area (Å²) in [7, 11) is 4.02. The summed E-state index contributed by atoms with van der Waals surface area (Å²) in [5.74, 6) is 0.546. The predicted molar refractivity (Wildman–Crippen MR) is 75.8 cm³/mol. The molecule has 6 nitrogen and oxygen atoms in total. The van der Waals surface area contributed by atoms with Crippen molar-refractivity contribution >= 4 is 17.4 Å². The van der Waals surface area contributed by atoms with E-state index in [2.05, 4.69) is 33.4 Å². The zero-order valence-electron chi connectivity index (χ0n) is 11.5. The van der Waals surface area contributed by atoms with E-state index in [4.69, 9.17) is 10.2 Å². The lowest BCUT2D eigenvalue weighted by molar-refractivity contribution is 0.510. The molecule has 0 saturated heterocycles. The molecule has 0 saturated carbocycles. The van der Waals surface area contributed by atoms with Gasteiger partial charge in [0.25, 0.3) is 0 Å². The summed E-state index contributed by atoms with van der Waals surface area (Å²) in [6.45, 7) is 2.57. The van der Waals surface area contributed by atoms with Crippen molar-refractivity contribution in [2.45, 2.75) is 13.3 Å². The number of nitrogens with zero attached hydrogens (tertiary/aromatic N) is 3. The molecule has 1 aromatic carbocycles. The van der Waals surface area contributed by atoms with Crippen LogP contribution in [0.2, 0.25) is 0 Å². The van der Waals surface area contributed by atoms with E-state index >= 15 is 0 Å². The highest BCUT2D eigenvalue weighted by Crippen LogP contribution is 2.24. The Morgan fingerprint density at radius 3 is 2.79 bits per heavy atom. The quantitative estimate of drug-likeness (QED) is 0.852. The number of aromatic nitrogens is 2. The Balaban J connectivity index is 2.16. The van der Waals surface area contributed by atoms with Crippen LogP contribution in [0.3, 0.4) is 0 Å². The predicted octanol–water partition coefficient (Wildman–Crippen LogP) is 1.69. The minimum absolute atomic E-state index is 0.386. The van der Waals surface area contributed by atoms with Crippen LogP contribution in [0.15, 0.2) is 22.6 Å². The molecule has 3 N–H and O–H groups in total. The summed E-state index contributed by atoms with van der Waals surface area (Å²) in [4.78, 5) is 2.06. The second-order valence-electron chi connectivity index (χ2n) is 4.56. The Morgan fingerprint density at radius 1 is 1.32 bits per heavy atom. The van der Waals surface area contributed by atoms with Gasteiger partial charge in [0.2, 0.25) is 5.89 Å². The average Bonchev–Trinajstić information content (AvgIpc) is 2.79. The third-order valence-electron chi connectivity index (χ3n) is 2.77. The minimum atomic E-state index is 0.386. The fraction of sp³-hybridized carbons (Fsp3) is 0.385. The molecule has 0 atom stereocenters. The number of nitrogens with one attached hydrogen (secondary N) is 1. The number of nitrogens with two attached hydrogens (primary N) is 1. The van der Waals surface area contributed by atoms with Crippen LogP contribution in [0.5, 0.6) is 0 Å². The molecule has 0 aliphatic carbocycles. The highest BCUT2D eigenvalue weighted by atomic mass is 16.4. The summed E-state index contributed by atoms with van der Waals surface area (Å²) in [5.41, 5.74) is 8.71. The molecule has 1 heterocycles. The molecule has 0 aliphatic heterocycles. The summed E-state index contributed by atoms with van der Waals surface area (Å²) < 4.78 is 5.43. The molecule has 0 spiro atoms. The Labute approximate surface area is 112 Å². The fourth-order valence-electron chi connectivity index (χ4n) is 1.82. The Kier molecular flexibility index (Phi) is 4.01. The van der Waals surface area contributed by atoms with Crippen LogP contribution in [0.1, 0.15) is 11.5 Å². The fourth-order valence-corrected chi connectivity index (χ4v) is 1.82. The van der Waals surface area contributed by atoms with Crippen LogP contribution in [-0.2, 0) is 6.42 Å². The van der Waals surface area contributed by atoms with Gasteiger partial charge in [-0.25, -0.2) is 0 Å². The molecule has 0 fully saturated rings. The number of hydrogen-bond acceptors (Lipinski definition) is 6. The highest BCUT2D eigenvalue weighted by Gasteiger charge is 2.07. The molecule has 0 unspecified atom stereocenters. The third kappa shape index (κ3) is 3.23. The van der Waals surface area contributed by atoms with Gasteiger partial charge in [-0.1, -0.05) is 11.2 Å². The number of benzene rings is 1. The molecule has 2 aromatic rings. The van der Waals surface area contributed by atoms with Crippen molar-refractivity contribution in [1.82, 2.24) is 10.2 Å². The summed E-state index contributed by atoms with van der Waals surface area (Å²) in [5, 5.41) is 10.9. The van der Waals surface area contributed by atoms with Gasteiger partial charge in [-0.2, -0.15) is 0 Å². The monoisotopic (exact) mass is 261 g/mol. The first kappa shape index (κ1) is 13.4. The second kappa shape index (κ2) is 5.71. The van der Waals surface area contributed by atoms with Crippen molar-refractivity contribution < 1.29 is 4.42 Å². The van der Waals surface area contributed by atoms with E-state index < -0.39 is 0 Å². The van der Waals surface area contributed by atoms with Gasteiger partial charge in [0.05, 0.1) is 0 Å². The lowest BCUT2D eigenvalue weighted by Gasteiger charge is -2.16. The van der Waals surface area contributed by atoms with E-state index in [0.717, 1.165) is 11.4 Å². The normalized spacial score (nSPS) is 10.5. The Hall–Kier alpha value is -2.08. The third-order valence-corrected chi connectivity index (χ3v) is 2.77. The molecule has 2 rings (SSSR count). The van der Waals surface area contributed by atoms with Crippen molar-refractivity contribution in [2.75, 3.05) is 30.9 Å². The first-order chi connectivity index (χ1) is 9.10. The smallest absolute Gasteiger partial charge is 0.320 e. The lowest BCUT2D eigenvalue weighted by Crippen LogP contribution is -2.10. The van der Waals surface area contributed by atoms with E-state index in [-0.39, 0.29) is 0 Å². The zero-order valence-corrected chi connectivity index (χ0v) is 11.5. The maximum absolute atomic E-state index is 5.44. The van der Waals surface area contributed by atoms with Crippen molar-refractivity contribution in [2.24, 2.45) is 5.73 Å². The maximum Gasteiger partial charge on any atom is 0.320 e.